The zero-order chi connectivity index (χ0) is 9.42. The molecule has 0 bridgehead atoms. The second-order valence-corrected chi connectivity index (χ2v) is 2.83. The van der Waals surface area contributed by atoms with Gasteiger partial charge in [0.1, 0.15) is 11.5 Å². The van der Waals surface area contributed by atoms with Crippen LogP contribution in [0.5, 0.6) is 0 Å². The Morgan fingerprint density at radius 2 is 2.31 bits per heavy atom. The monoisotopic (exact) mass is 178 g/mol. The molecule has 13 heavy (non-hydrogen) atoms. The summed E-state index contributed by atoms with van der Waals surface area (Å²) in [5, 5.41) is 0.616. The van der Waals surface area contributed by atoms with Gasteiger partial charge in [-0.25, -0.2) is 9.37 Å². The summed E-state index contributed by atoms with van der Waals surface area (Å²) < 4.78 is 12.7. The second-order valence-electron chi connectivity index (χ2n) is 2.83. The maximum atomic E-state index is 12.7. The van der Waals surface area contributed by atoms with Crippen molar-refractivity contribution in [2.45, 2.75) is 6.92 Å². The minimum Gasteiger partial charge on any atom is -0.337 e. The minimum atomic E-state index is -0.401. The van der Waals surface area contributed by atoms with Gasteiger partial charge in [0.25, 0.3) is 0 Å². The van der Waals surface area contributed by atoms with Crippen molar-refractivity contribution in [1.82, 2.24) is 9.97 Å². The summed E-state index contributed by atoms with van der Waals surface area (Å²) in [5.74, 6) is -0.486. The quantitative estimate of drug-likeness (QED) is 0.678. The number of aromatic nitrogens is 2. The summed E-state index contributed by atoms with van der Waals surface area (Å²) in [4.78, 5) is 17.5. The molecule has 0 aliphatic carbocycles. The fourth-order valence-corrected chi connectivity index (χ4v) is 1.18. The highest BCUT2D eigenvalue weighted by Crippen LogP contribution is 2.14. The van der Waals surface area contributed by atoms with E-state index in [2.05, 4.69) is 9.97 Å². The second kappa shape index (κ2) is 2.65. The molecule has 0 aliphatic heterocycles. The van der Waals surface area contributed by atoms with Gasteiger partial charge >= 0.3 is 0 Å². The van der Waals surface area contributed by atoms with Crippen LogP contribution >= 0.6 is 0 Å². The molecule has 1 N–H and O–H groups in total. The number of halogens is 1. The third-order valence-electron chi connectivity index (χ3n) is 1.82. The lowest BCUT2D eigenvalue weighted by molar-refractivity contribution is 0.101. The van der Waals surface area contributed by atoms with Crippen LogP contribution in [-0.2, 0) is 0 Å². The molecule has 2 rings (SSSR count). The van der Waals surface area contributed by atoms with E-state index < -0.39 is 5.82 Å². The lowest BCUT2D eigenvalue weighted by Gasteiger charge is -1.87. The Balaban J connectivity index is 2.68. The van der Waals surface area contributed by atoms with E-state index in [1.165, 1.54) is 13.0 Å². The summed E-state index contributed by atoms with van der Waals surface area (Å²) in [5.41, 5.74) is 0.986. The maximum absolute atomic E-state index is 12.7. The molecule has 0 atom stereocenters. The average molecular weight is 178 g/mol. The molecule has 66 valence electrons. The Morgan fingerprint density at radius 1 is 1.54 bits per heavy atom. The number of fused-ring (bicyclic) bond motifs is 1. The number of pyridine rings is 1. The van der Waals surface area contributed by atoms with Crippen LogP contribution < -0.4 is 0 Å². The van der Waals surface area contributed by atoms with E-state index in [0.717, 1.165) is 6.20 Å². The lowest BCUT2D eigenvalue weighted by Crippen LogP contribution is -1.90. The molecule has 2 aromatic rings. The number of Topliss-reactive ketones (excluding diaryl/α,β-unsaturated/α-hetero) is 1. The Morgan fingerprint density at radius 3 is 3.00 bits per heavy atom. The van der Waals surface area contributed by atoms with Gasteiger partial charge in [0.05, 0.1) is 11.9 Å². The first-order valence-electron chi connectivity index (χ1n) is 3.82. The van der Waals surface area contributed by atoms with Crippen molar-refractivity contribution in [1.29, 1.82) is 0 Å². The topological polar surface area (TPSA) is 45.8 Å². The first kappa shape index (κ1) is 7.91. The molecule has 0 amide bonds. The third kappa shape index (κ3) is 1.30. The molecule has 4 heteroatoms. The Bertz CT molecular complexity index is 475. The average Bonchev–Trinajstić information content (AvgIpc) is 2.46. The number of hydrogen-bond donors (Lipinski definition) is 1. The van der Waals surface area contributed by atoms with Crippen molar-refractivity contribution in [2.24, 2.45) is 0 Å². The number of ketones is 1. The lowest BCUT2D eigenvalue weighted by atomic mass is 10.3. The van der Waals surface area contributed by atoms with Gasteiger partial charge in [-0.05, 0) is 12.1 Å². The number of hydrogen-bond acceptors (Lipinski definition) is 2. The van der Waals surface area contributed by atoms with E-state index in [-0.39, 0.29) is 5.78 Å². The zero-order valence-electron chi connectivity index (χ0n) is 6.97. The van der Waals surface area contributed by atoms with E-state index in [1.807, 2.05) is 0 Å². The number of rotatable bonds is 1. The SMILES string of the molecule is CC(=O)c1cc2cc(F)cnc2[nH]1. The zero-order valence-corrected chi connectivity index (χ0v) is 6.97. The Kier molecular flexibility index (Phi) is 1.62. The van der Waals surface area contributed by atoms with Crippen LogP contribution in [0.4, 0.5) is 4.39 Å². The molecule has 3 nitrogen and oxygen atoms in total. The van der Waals surface area contributed by atoms with Gasteiger partial charge in [0.15, 0.2) is 5.78 Å². The maximum Gasteiger partial charge on any atom is 0.176 e. The highest BCUT2D eigenvalue weighted by atomic mass is 19.1. The van der Waals surface area contributed by atoms with Crippen molar-refractivity contribution in [3.8, 4) is 0 Å². The van der Waals surface area contributed by atoms with Crippen LogP contribution in [0.3, 0.4) is 0 Å². The summed E-state index contributed by atoms with van der Waals surface area (Å²) in [6.07, 6.45) is 1.11. The van der Waals surface area contributed by atoms with E-state index in [0.29, 0.717) is 16.7 Å². The fraction of sp³-hybridized carbons (Fsp3) is 0.111. The normalized spacial score (nSPS) is 10.6. The van der Waals surface area contributed by atoms with Gasteiger partial charge in [0, 0.05) is 12.3 Å². The first-order valence-corrected chi connectivity index (χ1v) is 3.82. The number of aromatic amines is 1. The smallest absolute Gasteiger partial charge is 0.176 e. The predicted molar refractivity (Wildman–Crippen MR) is 46.1 cm³/mol. The van der Waals surface area contributed by atoms with Gasteiger partial charge in [0.2, 0.25) is 0 Å². The minimum absolute atomic E-state index is 0.0848. The summed E-state index contributed by atoms with van der Waals surface area (Å²) >= 11 is 0. The van der Waals surface area contributed by atoms with Gasteiger partial charge < -0.3 is 4.98 Å². The molecule has 0 saturated carbocycles. The van der Waals surface area contributed by atoms with Gasteiger partial charge in [-0.1, -0.05) is 0 Å². The molecular formula is C9H7FN2O. The van der Waals surface area contributed by atoms with Crippen molar-refractivity contribution in [2.75, 3.05) is 0 Å². The van der Waals surface area contributed by atoms with Gasteiger partial charge in [-0.15, -0.1) is 0 Å². The molecule has 2 heterocycles. The van der Waals surface area contributed by atoms with Crippen LogP contribution in [0, 0.1) is 5.82 Å². The van der Waals surface area contributed by atoms with E-state index in [1.54, 1.807) is 6.07 Å². The van der Waals surface area contributed by atoms with E-state index >= 15 is 0 Å². The van der Waals surface area contributed by atoms with Crippen LogP contribution in [-0.4, -0.2) is 15.8 Å². The standard InChI is InChI=1S/C9H7FN2O/c1-5(13)8-3-6-2-7(10)4-11-9(6)12-8/h2-4H,1H3,(H,11,12). The summed E-state index contributed by atoms with van der Waals surface area (Å²) in [6.45, 7) is 1.45. The number of carbonyl (C=O) groups is 1. The molecule has 0 saturated heterocycles. The van der Waals surface area contributed by atoms with Crippen molar-refractivity contribution in [3.05, 3.63) is 29.8 Å². The van der Waals surface area contributed by atoms with Gasteiger partial charge in [-0.2, -0.15) is 0 Å². The molecule has 0 aromatic carbocycles. The molecule has 0 fully saturated rings. The highest BCUT2D eigenvalue weighted by molar-refractivity contribution is 5.97. The molecule has 0 aliphatic rings. The number of nitrogens with zero attached hydrogens (tertiary/aromatic N) is 1. The van der Waals surface area contributed by atoms with Crippen molar-refractivity contribution < 1.29 is 9.18 Å². The first-order chi connectivity index (χ1) is 6.16. The molecule has 2 aromatic heterocycles. The Labute approximate surface area is 73.6 Å². The summed E-state index contributed by atoms with van der Waals surface area (Å²) in [7, 11) is 0. The molecule has 0 radical (unpaired) electrons. The van der Waals surface area contributed by atoms with Crippen LogP contribution in [0.1, 0.15) is 17.4 Å². The van der Waals surface area contributed by atoms with Crippen LogP contribution in [0.2, 0.25) is 0 Å². The summed E-state index contributed by atoms with van der Waals surface area (Å²) in [6, 6.07) is 2.93. The van der Waals surface area contributed by atoms with Crippen molar-refractivity contribution in [3.63, 3.8) is 0 Å². The van der Waals surface area contributed by atoms with E-state index in [4.69, 9.17) is 0 Å². The molecular weight excluding hydrogens is 171 g/mol. The van der Waals surface area contributed by atoms with Crippen molar-refractivity contribution >= 4 is 16.8 Å². The number of nitrogens with one attached hydrogen (secondary N) is 1. The Hall–Kier alpha value is -1.71. The van der Waals surface area contributed by atoms with Crippen LogP contribution in [0.15, 0.2) is 18.3 Å². The third-order valence-corrected chi connectivity index (χ3v) is 1.82. The number of carbonyl (C=O) groups excluding carboxylic acids is 1. The molecule has 0 unspecified atom stereocenters. The fourth-order valence-electron chi connectivity index (χ4n) is 1.18. The number of H-pyrrole nitrogens is 1. The highest BCUT2D eigenvalue weighted by Gasteiger charge is 2.05. The predicted octanol–water partition coefficient (Wildman–Crippen LogP) is 1.90. The van der Waals surface area contributed by atoms with Crippen LogP contribution in [0.25, 0.3) is 11.0 Å². The van der Waals surface area contributed by atoms with Gasteiger partial charge in [-0.3, -0.25) is 4.79 Å². The largest absolute Gasteiger partial charge is 0.337 e. The van der Waals surface area contributed by atoms with E-state index in [9.17, 15) is 9.18 Å². The molecule has 0 spiro atoms.